The average Bonchev–Trinajstić information content (AvgIpc) is 3.33. The first kappa shape index (κ1) is 18.4. The monoisotopic (exact) mass is 419 g/mol. The number of carbonyl (C=O) groups excluding carboxylic acids is 1. The summed E-state index contributed by atoms with van der Waals surface area (Å²) in [6, 6.07) is 3.42. The molecule has 1 atom stereocenters. The van der Waals surface area contributed by atoms with Crippen LogP contribution in [0.4, 0.5) is 0 Å². The number of halogens is 1. The quantitative estimate of drug-likeness (QED) is 0.665. The number of amides is 1. The van der Waals surface area contributed by atoms with E-state index in [2.05, 4.69) is 36.5 Å². The molecule has 0 aromatic carbocycles. The Morgan fingerprint density at radius 3 is 2.54 bits per heavy atom. The Morgan fingerprint density at radius 1 is 1.19 bits per heavy atom. The Hall–Kier alpha value is -2.42. The van der Waals surface area contributed by atoms with Gasteiger partial charge in [-0.15, -0.1) is 0 Å². The molecule has 0 fully saturated rings. The molecule has 3 heterocycles. The number of hydrogen-bond acceptors (Lipinski definition) is 4. The second-order valence-electron chi connectivity index (χ2n) is 6.16. The van der Waals surface area contributed by atoms with Gasteiger partial charge in [0.05, 0.1) is 27.6 Å². The van der Waals surface area contributed by atoms with E-state index in [4.69, 9.17) is 0 Å². The SMILES string of the molecule is CCn1ccc(C(C)NC(=O)c2ccn(Cn3nc(C)c(Br)c3C)n2)n1. The maximum absolute atomic E-state index is 12.4. The fourth-order valence-corrected chi connectivity index (χ4v) is 2.92. The summed E-state index contributed by atoms with van der Waals surface area (Å²) in [5, 5.41) is 16.2. The third kappa shape index (κ3) is 3.72. The molecule has 3 rings (SSSR count). The fourth-order valence-electron chi connectivity index (χ4n) is 2.64. The van der Waals surface area contributed by atoms with Gasteiger partial charge in [-0.1, -0.05) is 0 Å². The third-order valence-electron chi connectivity index (χ3n) is 4.22. The molecule has 0 radical (unpaired) electrons. The lowest BCUT2D eigenvalue weighted by Crippen LogP contribution is -2.27. The van der Waals surface area contributed by atoms with Gasteiger partial charge in [-0.25, -0.2) is 4.68 Å². The summed E-state index contributed by atoms with van der Waals surface area (Å²) in [6.45, 7) is 9.10. The van der Waals surface area contributed by atoms with E-state index in [1.165, 1.54) is 0 Å². The van der Waals surface area contributed by atoms with Crippen LogP contribution in [0.3, 0.4) is 0 Å². The van der Waals surface area contributed by atoms with E-state index in [-0.39, 0.29) is 11.9 Å². The van der Waals surface area contributed by atoms with Gasteiger partial charge in [0.15, 0.2) is 0 Å². The molecule has 0 saturated heterocycles. The van der Waals surface area contributed by atoms with E-state index in [0.717, 1.165) is 28.1 Å². The van der Waals surface area contributed by atoms with Gasteiger partial charge in [0, 0.05) is 18.9 Å². The van der Waals surface area contributed by atoms with Crippen LogP contribution in [0.15, 0.2) is 29.0 Å². The van der Waals surface area contributed by atoms with E-state index >= 15 is 0 Å². The highest BCUT2D eigenvalue weighted by Gasteiger charge is 2.16. The van der Waals surface area contributed by atoms with E-state index in [0.29, 0.717) is 12.4 Å². The van der Waals surface area contributed by atoms with Crippen molar-refractivity contribution in [2.45, 2.75) is 47.0 Å². The molecule has 1 N–H and O–H groups in total. The van der Waals surface area contributed by atoms with Crippen LogP contribution in [-0.4, -0.2) is 35.2 Å². The molecule has 3 aromatic rings. The first-order chi connectivity index (χ1) is 12.4. The first-order valence-electron chi connectivity index (χ1n) is 8.46. The van der Waals surface area contributed by atoms with Crippen molar-refractivity contribution in [3.63, 3.8) is 0 Å². The second kappa shape index (κ2) is 7.45. The smallest absolute Gasteiger partial charge is 0.272 e. The van der Waals surface area contributed by atoms with Gasteiger partial charge in [-0.3, -0.25) is 14.2 Å². The van der Waals surface area contributed by atoms with Crippen molar-refractivity contribution >= 4 is 21.8 Å². The van der Waals surface area contributed by atoms with Gasteiger partial charge in [0.2, 0.25) is 0 Å². The number of aromatic nitrogens is 6. The summed E-state index contributed by atoms with van der Waals surface area (Å²) >= 11 is 3.51. The zero-order valence-corrected chi connectivity index (χ0v) is 16.9. The maximum Gasteiger partial charge on any atom is 0.272 e. The van der Waals surface area contributed by atoms with Crippen molar-refractivity contribution in [2.75, 3.05) is 0 Å². The lowest BCUT2D eigenvalue weighted by atomic mass is 10.2. The molecule has 0 bridgehead atoms. The van der Waals surface area contributed by atoms with Crippen LogP contribution in [0.2, 0.25) is 0 Å². The molecule has 0 aliphatic rings. The molecule has 0 aliphatic heterocycles. The molecule has 1 unspecified atom stereocenters. The van der Waals surface area contributed by atoms with Crippen molar-refractivity contribution < 1.29 is 4.79 Å². The zero-order valence-electron chi connectivity index (χ0n) is 15.3. The molecule has 0 saturated carbocycles. The summed E-state index contributed by atoms with van der Waals surface area (Å²) in [5.74, 6) is -0.225. The number of rotatable bonds is 6. The van der Waals surface area contributed by atoms with Crippen LogP contribution >= 0.6 is 15.9 Å². The number of carbonyl (C=O) groups is 1. The predicted octanol–water partition coefficient (Wildman–Crippen LogP) is 2.67. The highest BCUT2D eigenvalue weighted by atomic mass is 79.9. The van der Waals surface area contributed by atoms with Gasteiger partial charge in [-0.2, -0.15) is 15.3 Å². The molecule has 26 heavy (non-hydrogen) atoms. The lowest BCUT2D eigenvalue weighted by molar-refractivity contribution is 0.0933. The van der Waals surface area contributed by atoms with E-state index in [9.17, 15) is 4.79 Å². The van der Waals surface area contributed by atoms with Crippen LogP contribution in [-0.2, 0) is 13.2 Å². The number of hydrogen-bond donors (Lipinski definition) is 1. The van der Waals surface area contributed by atoms with Gasteiger partial charge in [0.25, 0.3) is 5.91 Å². The first-order valence-corrected chi connectivity index (χ1v) is 9.25. The standard InChI is InChI=1S/C17H22BrN7O/c1-5-23-8-6-14(21-23)11(2)19-17(26)15-7-9-24(22-15)10-25-13(4)16(18)12(3)20-25/h6-9,11H,5,10H2,1-4H3,(H,19,26). The molecule has 9 heteroatoms. The molecular weight excluding hydrogens is 398 g/mol. The van der Waals surface area contributed by atoms with Crippen LogP contribution < -0.4 is 5.32 Å². The maximum atomic E-state index is 12.4. The van der Waals surface area contributed by atoms with Crippen molar-refractivity contribution in [1.29, 1.82) is 0 Å². The van der Waals surface area contributed by atoms with Gasteiger partial charge in [-0.05, 0) is 55.8 Å². The number of nitrogens with one attached hydrogen (secondary N) is 1. The van der Waals surface area contributed by atoms with E-state index < -0.39 is 0 Å². The van der Waals surface area contributed by atoms with Crippen molar-refractivity contribution in [3.05, 3.63) is 51.8 Å². The predicted molar refractivity (Wildman–Crippen MR) is 101 cm³/mol. The summed E-state index contributed by atoms with van der Waals surface area (Å²) < 4.78 is 6.35. The van der Waals surface area contributed by atoms with Crippen molar-refractivity contribution in [2.24, 2.45) is 0 Å². The molecule has 0 aliphatic carbocycles. The van der Waals surface area contributed by atoms with E-state index in [1.54, 1.807) is 16.9 Å². The minimum absolute atomic E-state index is 0.188. The Bertz CT molecular complexity index is 924. The van der Waals surface area contributed by atoms with Gasteiger partial charge < -0.3 is 5.32 Å². The van der Waals surface area contributed by atoms with Crippen LogP contribution in [0, 0.1) is 13.8 Å². The highest BCUT2D eigenvalue weighted by molar-refractivity contribution is 9.10. The Balaban J connectivity index is 1.66. The van der Waals surface area contributed by atoms with Crippen molar-refractivity contribution in [1.82, 2.24) is 34.7 Å². The molecule has 138 valence electrons. The molecule has 0 spiro atoms. The van der Waals surface area contributed by atoms with Gasteiger partial charge >= 0.3 is 0 Å². The molecule has 8 nitrogen and oxygen atoms in total. The highest BCUT2D eigenvalue weighted by Crippen LogP contribution is 2.19. The topological polar surface area (TPSA) is 82.6 Å². The number of nitrogens with zero attached hydrogens (tertiary/aromatic N) is 6. The van der Waals surface area contributed by atoms with Crippen LogP contribution in [0.1, 0.15) is 47.5 Å². The summed E-state index contributed by atoms with van der Waals surface area (Å²) in [5.41, 5.74) is 3.14. The second-order valence-corrected chi connectivity index (χ2v) is 6.95. The average molecular weight is 420 g/mol. The van der Waals surface area contributed by atoms with E-state index in [1.807, 2.05) is 49.3 Å². The fraction of sp³-hybridized carbons (Fsp3) is 0.412. The summed E-state index contributed by atoms with van der Waals surface area (Å²) in [6.07, 6.45) is 3.68. The van der Waals surface area contributed by atoms with Crippen LogP contribution in [0.5, 0.6) is 0 Å². The zero-order chi connectivity index (χ0) is 18.8. The lowest BCUT2D eigenvalue weighted by Gasteiger charge is -2.10. The minimum atomic E-state index is -0.225. The largest absolute Gasteiger partial charge is 0.342 e. The Kier molecular flexibility index (Phi) is 5.26. The normalized spacial score (nSPS) is 12.3. The molecular formula is C17H22BrN7O. The molecule has 3 aromatic heterocycles. The summed E-state index contributed by atoms with van der Waals surface area (Å²) in [4.78, 5) is 12.4. The number of aryl methyl sites for hydroxylation is 2. The van der Waals surface area contributed by atoms with Crippen LogP contribution in [0.25, 0.3) is 0 Å². The van der Waals surface area contributed by atoms with Crippen molar-refractivity contribution in [3.8, 4) is 0 Å². The summed E-state index contributed by atoms with van der Waals surface area (Å²) in [7, 11) is 0. The Morgan fingerprint density at radius 2 is 1.92 bits per heavy atom. The third-order valence-corrected chi connectivity index (χ3v) is 5.37. The molecule has 1 amide bonds. The minimum Gasteiger partial charge on any atom is -0.342 e. The van der Waals surface area contributed by atoms with Gasteiger partial charge in [0.1, 0.15) is 12.4 Å². The Labute approximate surface area is 160 Å².